The van der Waals surface area contributed by atoms with Gasteiger partial charge in [0.1, 0.15) is 24.2 Å². The first-order valence-electron chi connectivity index (χ1n) is 12.7. The molecule has 0 amide bonds. The van der Waals surface area contributed by atoms with Crippen LogP contribution in [-0.2, 0) is 22.4 Å². The lowest BCUT2D eigenvalue weighted by Gasteiger charge is -2.17. The Morgan fingerprint density at radius 3 is 2.62 bits per heavy atom. The Balaban J connectivity index is 1.68. The smallest absolute Gasteiger partial charge is 0.306 e. The van der Waals surface area contributed by atoms with Crippen LogP contribution in [0.4, 0.5) is 0 Å². The number of aliphatic hydroxyl groups is 1. The summed E-state index contributed by atoms with van der Waals surface area (Å²) >= 11 is 0. The molecule has 3 aromatic rings. The number of aryl methyl sites for hydroxylation is 3. The predicted octanol–water partition coefficient (Wildman–Crippen LogP) is 4.07. The number of rotatable bonds is 13. The van der Waals surface area contributed by atoms with Crippen molar-refractivity contribution in [3.05, 3.63) is 46.6 Å². The number of benzene rings is 1. The van der Waals surface area contributed by atoms with Gasteiger partial charge in [-0.05, 0) is 73.1 Å². The highest BCUT2D eigenvalue weighted by Crippen LogP contribution is 2.31. The number of pyridine rings is 1. The van der Waals surface area contributed by atoms with E-state index < -0.39 is 6.10 Å². The van der Waals surface area contributed by atoms with E-state index in [4.69, 9.17) is 9.26 Å². The number of methoxy groups -OCH3 is 1. The van der Waals surface area contributed by atoms with Crippen molar-refractivity contribution in [2.24, 2.45) is 5.92 Å². The van der Waals surface area contributed by atoms with Crippen LogP contribution in [0.1, 0.15) is 49.4 Å². The molecule has 0 spiro atoms. The predicted molar refractivity (Wildman–Crippen MR) is 141 cm³/mol. The average Bonchev–Trinajstić information content (AvgIpc) is 3.36. The Bertz CT molecular complexity index is 1190. The number of ether oxygens (including phenoxy) is 2. The number of hydrogen-bond donors (Lipinski definition) is 2. The normalized spacial score (nSPS) is 12.1. The Kier molecular flexibility index (Phi) is 10.2. The molecule has 0 aliphatic heterocycles. The first kappa shape index (κ1) is 28.3. The third-order valence-corrected chi connectivity index (χ3v) is 6.02. The maximum atomic E-state index is 11.2. The third kappa shape index (κ3) is 7.84. The Hall–Kier alpha value is -3.30. The van der Waals surface area contributed by atoms with Gasteiger partial charge in [0.05, 0.1) is 13.5 Å². The fourth-order valence-corrected chi connectivity index (χ4v) is 4.04. The van der Waals surface area contributed by atoms with Crippen molar-refractivity contribution < 1.29 is 23.9 Å². The lowest BCUT2D eigenvalue weighted by Crippen LogP contribution is -2.32. The maximum Gasteiger partial charge on any atom is 0.306 e. The van der Waals surface area contributed by atoms with Gasteiger partial charge in [-0.1, -0.05) is 25.9 Å². The fourth-order valence-electron chi connectivity index (χ4n) is 4.04. The van der Waals surface area contributed by atoms with E-state index in [2.05, 4.69) is 45.9 Å². The van der Waals surface area contributed by atoms with Crippen LogP contribution < -0.4 is 10.1 Å². The van der Waals surface area contributed by atoms with Crippen LogP contribution in [0.15, 0.2) is 28.9 Å². The number of nitrogens with one attached hydrogen (secondary N) is 1. The van der Waals surface area contributed by atoms with Gasteiger partial charge in [0.15, 0.2) is 0 Å². The zero-order chi connectivity index (χ0) is 26.9. The molecular weight excluding hydrogens is 472 g/mol. The molecule has 200 valence electrons. The molecule has 0 fully saturated rings. The number of esters is 1. The molecule has 0 aliphatic carbocycles. The maximum absolute atomic E-state index is 11.2. The van der Waals surface area contributed by atoms with E-state index in [1.54, 1.807) is 0 Å². The number of nitrogens with zero attached hydrogens (tertiary/aromatic N) is 3. The number of aromatic nitrogens is 3. The second-order valence-electron chi connectivity index (χ2n) is 9.65. The topological polar surface area (TPSA) is 120 Å². The fraction of sp³-hybridized carbons (Fsp3) is 0.500. The summed E-state index contributed by atoms with van der Waals surface area (Å²) in [7, 11) is 1.35. The van der Waals surface area contributed by atoms with Crippen LogP contribution in [0.5, 0.6) is 5.75 Å². The van der Waals surface area contributed by atoms with Gasteiger partial charge < -0.3 is 24.4 Å². The van der Waals surface area contributed by atoms with Crippen LogP contribution in [0, 0.1) is 19.8 Å². The summed E-state index contributed by atoms with van der Waals surface area (Å²) in [6.45, 7) is 11.3. The van der Waals surface area contributed by atoms with Gasteiger partial charge in [0.25, 0.3) is 5.89 Å². The Morgan fingerprint density at radius 2 is 1.95 bits per heavy atom. The monoisotopic (exact) mass is 510 g/mol. The molecule has 0 aliphatic rings. The van der Waals surface area contributed by atoms with Gasteiger partial charge in [-0.2, -0.15) is 4.98 Å². The second kappa shape index (κ2) is 13.3. The van der Waals surface area contributed by atoms with Crippen LogP contribution in [0.25, 0.3) is 23.0 Å². The van der Waals surface area contributed by atoms with Crippen molar-refractivity contribution in [3.8, 4) is 28.7 Å². The van der Waals surface area contributed by atoms with E-state index in [1.807, 2.05) is 38.2 Å². The van der Waals surface area contributed by atoms with Gasteiger partial charge >= 0.3 is 5.97 Å². The number of hydrogen-bond acceptors (Lipinski definition) is 9. The van der Waals surface area contributed by atoms with Crippen molar-refractivity contribution in [2.45, 2.75) is 60.0 Å². The molecule has 0 saturated heterocycles. The third-order valence-electron chi connectivity index (χ3n) is 6.02. The van der Waals surface area contributed by atoms with Gasteiger partial charge in [-0.3, -0.25) is 9.78 Å². The minimum atomic E-state index is -0.718. The quantitative estimate of drug-likeness (QED) is 0.259. The van der Waals surface area contributed by atoms with Gasteiger partial charge in [0, 0.05) is 24.8 Å². The zero-order valence-electron chi connectivity index (χ0n) is 22.6. The number of aliphatic hydroxyl groups excluding tert-OH is 1. The SMILES string of the molecule is CCc1cc(-c2noc(-c3cc(C)c(CC(C)C)cn3)n2)cc(C)c1OC[C@@H](O)CNCCC(=O)OC. The molecule has 1 atom stereocenters. The molecular formula is C28H38N4O5. The molecule has 9 nitrogen and oxygen atoms in total. The van der Waals surface area contributed by atoms with Crippen LogP contribution in [0.3, 0.4) is 0 Å². The molecule has 3 rings (SSSR count). The molecule has 9 heteroatoms. The first-order valence-corrected chi connectivity index (χ1v) is 12.7. The van der Waals surface area contributed by atoms with E-state index in [1.165, 1.54) is 12.7 Å². The summed E-state index contributed by atoms with van der Waals surface area (Å²) in [5.74, 6) is 1.87. The van der Waals surface area contributed by atoms with E-state index >= 15 is 0 Å². The molecule has 0 saturated carbocycles. The van der Waals surface area contributed by atoms with Crippen molar-refractivity contribution in [1.29, 1.82) is 0 Å². The molecule has 2 aromatic heterocycles. The number of carbonyl (C=O) groups excluding carboxylic acids is 1. The molecule has 0 unspecified atom stereocenters. The van der Waals surface area contributed by atoms with Crippen LogP contribution in [0.2, 0.25) is 0 Å². The summed E-state index contributed by atoms with van der Waals surface area (Å²) in [5, 5.41) is 17.5. The van der Waals surface area contributed by atoms with E-state index in [-0.39, 0.29) is 19.0 Å². The van der Waals surface area contributed by atoms with Crippen molar-refractivity contribution >= 4 is 5.97 Å². The second-order valence-corrected chi connectivity index (χ2v) is 9.65. The minimum absolute atomic E-state index is 0.128. The van der Waals surface area contributed by atoms with Crippen LogP contribution >= 0.6 is 0 Å². The molecule has 2 heterocycles. The van der Waals surface area contributed by atoms with Crippen molar-refractivity contribution in [3.63, 3.8) is 0 Å². The standard InChI is InChI=1S/C28H38N4O5/c1-7-20-13-21(11-19(5)26(20)36-16-23(33)15-29-9-8-25(34)35-6)27-31-28(37-32-27)24-12-18(4)22(14-30-24)10-17(2)3/h11-14,17,23,29,33H,7-10,15-16H2,1-6H3/t23-/m0/s1. The summed E-state index contributed by atoms with van der Waals surface area (Å²) in [4.78, 5) is 20.3. The van der Waals surface area contributed by atoms with E-state index in [9.17, 15) is 9.90 Å². The summed E-state index contributed by atoms with van der Waals surface area (Å²) in [5.41, 5.74) is 5.77. The van der Waals surface area contributed by atoms with E-state index in [0.717, 1.165) is 40.8 Å². The Morgan fingerprint density at radius 1 is 1.16 bits per heavy atom. The minimum Gasteiger partial charge on any atom is -0.490 e. The largest absolute Gasteiger partial charge is 0.490 e. The highest BCUT2D eigenvalue weighted by Gasteiger charge is 2.17. The molecule has 37 heavy (non-hydrogen) atoms. The van der Waals surface area contributed by atoms with Gasteiger partial charge in [-0.25, -0.2) is 0 Å². The van der Waals surface area contributed by atoms with Crippen LogP contribution in [-0.4, -0.2) is 59.1 Å². The summed E-state index contributed by atoms with van der Waals surface area (Å²) < 4.78 is 16.1. The van der Waals surface area contributed by atoms with Gasteiger partial charge in [-0.15, -0.1) is 0 Å². The average molecular weight is 511 g/mol. The molecule has 0 bridgehead atoms. The zero-order valence-corrected chi connectivity index (χ0v) is 22.6. The lowest BCUT2D eigenvalue weighted by atomic mass is 10.0. The van der Waals surface area contributed by atoms with E-state index in [0.29, 0.717) is 36.4 Å². The molecule has 0 radical (unpaired) electrons. The lowest BCUT2D eigenvalue weighted by molar-refractivity contribution is -0.140. The van der Waals surface area contributed by atoms with Crippen molar-refractivity contribution in [2.75, 3.05) is 26.8 Å². The Labute approximate surface area is 218 Å². The molecule has 2 N–H and O–H groups in total. The summed E-state index contributed by atoms with van der Waals surface area (Å²) in [6, 6.07) is 5.93. The highest BCUT2D eigenvalue weighted by molar-refractivity contribution is 5.69. The van der Waals surface area contributed by atoms with Crippen molar-refractivity contribution in [1.82, 2.24) is 20.4 Å². The highest BCUT2D eigenvalue weighted by atomic mass is 16.5. The first-order chi connectivity index (χ1) is 17.7. The van der Waals surface area contributed by atoms with Gasteiger partial charge in [0.2, 0.25) is 5.82 Å². The summed E-state index contributed by atoms with van der Waals surface area (Å²) in [6.07, 6.45) is 3.14. The molecule has 1 aromatic carbocycles. The number of carbonyl (C=O) groups is 1.